The average Bonchev–Trinajstić information content (AvgIpc) is 2.45. The summed E-state index contributed by atoms with van der Waals surface area (Å²) in [5.41, 5.74) is 0.354. The van der Waals surface area contributed by atoms with E-state index in [2.05, 4.69) is 10.1 Å². The van der Waals surface area contributed by atoms with Crippen LogP contribution in [-0.4, -0.2) is 60.7 Å². The Balaban J connectivity index is 2.50. The smallest absolute Gasteiger partial charge is 0.406 e. The second-order valence-electron chi connectivity index (χ2n) is 7.41. The number of likely N-dealkylation sites (N-methyl/N-ethyl adjacent to an activating group) is 2. The molecule has 0 radical (unpaired) electrons. The van der Waals surface area contributed by atoms with Crippen LogP contribution >= 0.6 is 0 Å². The molecule has 27 heavy (non-hydrogen) atoms. The molecule has 0 heterocycles. The van der Waals surface area contributed by atoms with Crippen LogP contribution in [0.1, 0.15) is 26.3 Å². The predicted octanol–water partition coefficient (Wildman–Crippen LogP) is 2.39. The van der Waals surface area contributed by atoms with Crippen LogP contribution in [0.2, 0.25) is 0 Å². The quantitative estimate of drug-likeness (QED) is 0.778. The van der Waals surface area contributed by atoms with E-state index < -0.39 is 6.36 Å². The van der Waals surface area contributed by atoms with Crippen molar-refractivity contribution in [2.75, 3.05) is 27.2 Å². The van der Waals surface area contributed by atoms with Crippen LogP contribution in [0.3, 0.4) is 0 Å². The van der Waals surface area contributed by atoms with E-state index >= 15 is 0 Å². The van der Waals surface area contributed by atoms with Gasteiger partial charge in [0.25, 0.3) is 0 Å². The van der Waals surface area contributed by atoms with Crippen LogP contribution in [0.4, 0.5) is 13.2 Å². The molecule has 1 aromatic rings. The average molecular weight is 389 g/mol. The molecular formula is C18H26F3N3O3. The molecule has 0 aliphatic heterocycles. The molecule has 0 atom stereocenters. The molecule has 152 valence electrons. The van der Waals surface area contributed by atoms with Crippen LogP contribution in [-0.2, 0) is 16.1 Å². The fraction of sp³-hybridized carbons (Fsp3) is 0.556. The van der Waals surface area contributed by atoms with E-state index in [9.17, 15) is 22.8 Å². The van der Waals surface area contributed by atoms with Crippen molar-refractivity contribution in [1.82, 2.24) is 15.1 Å². The fourth-order valence-corrected chi connectivity index (χ4v) is 2.28. The van der Waals surface area contributed by atoms with Crippen LogP contribution in [0, 0.1) is 0 Å². The summed E-state index contributed by atoms with van der Waals surface area (Å²) in [6.07, 6.45) is -4.73. The first-order valence-electron chi connectivity index (χ1n) is 8.33. The van der Waals surface area contributed by atoms with Crippen molar-refractivity contribution in [3.63, 3.8) is 0 Å². The van der Waals surface area contributed by atoms with Gasteiger partial charge in [-0.3, -0.25) is 14.5 Å². The van der Waals surface area contributed by atoms with Crippen molar-refractivity contribution in [2.24, 2.45) is 0 Å². The zero-order valence-electron chi connectivity index (χ0n) is 16.2. The number of rotatable bonds is 7. The summed E-state index contributed by atoms with van der Waals surface area (Å²) in [6, 6.07) is 5.45. The largest absolute Gasteiger partial charge is 0.573 e. The van der Waals surface area contributed by atoms with Gasteiger partial charge in [-0.25, -0.2) is 0 Å². The van der Waals surface area contributed by atoms with Gasteiger partial charge in [0.1, 0.15) is 5.75 Å². The van der Waals surface area contributed by atoms with Gasteiger partial charge in [0.05, 0.1) is 13.1 Å². The third-order valence-electron chi connectivity index (χ3n) is 3.34. The third kappa shape index (κ3) is 9.83. The first-order chi connectivity index (χ1) is 12.2. The summed E-state index contributed by atoms with van der Waals surface area (Å²) >= 11 is 0. The zero-order chi connectivity index (χ0) is 20.8. The van der Waals surface area contributed by atoms with Gasteiger partial charge in [-0.2, -0.15) is 0 Å². The Kier molecular flexibility index (Phi) is 7.65. The number of carbonyl (C=O) groups excluding carboxylic acids is 2. The molecule has 0 aromatic heterocycles. The van der Waals surface area contributed by atoms with Gasteiger partial charge >= 0.3 is 6.36 Å². The van der Waals surface area contributed by atoms with Crippen molar-refractivity contribution >= 4 is 11.8 Å². The van der Waals surface area contributed by atoms with Crippen molar-refractivity contribution < 1.29 is 27.5 Å². The van der Waals surface area contributed by atoms with Crippen molar-refractivity contribution in [2.45, 2.75) is 39.2 Å². The van der Waals surface area contributed by atoms with E-state index in [0.29, 0.717) is 6.54 Å². The highest BCUT2D eigenvalue weighted by molar-refractivity contribution is 5.85. The lowest BCUT2D eigenvalue weighted by atomic mass is 10.1. The number of carbonyl (C=O) groups is 2. The van der Waals surface area contributed by atoms with Crippen LogP contribution in [0.5, 0.6) is 5.75 Å². The highest BCUT2D eigenvalue weighted by Gasteiger charge is 2.31. The minimum absolute atomic E-state index is 0.0482. The first-order valence-corrected chi connectivity index (χ1v) is 8.33. The number of nitrogens with zero attached hydrogens (tertiary/aromatic N) is 2. The lowest BCUT2D eigenvalue weighted by Crippen LogP contribution is -2.47. The minimum atomic E-state index is -4.73. The van der Waals surface area contributed by atoms with Gasteiger partial charge in [-0.1, -0.05) is 12.1 Å². The number of benzene rings is 1. The maximum absolute atomic E-state index is 12.2. The number of nitrogens with one attached hydrogen (secondary N) is 1. The van der Waals surface area contributed by atoms with E-state index in [4.69, 9.17) is 0 Å². The molecule has 0 saturated carbocycles. The molecule has 2 amide bonds. The van der Waals surface area contributed by atoms with Crippen LogP contribution in [0.25, 0.3) is 0 Å². The Morgan fingerprint density at radius 2 is 1.59 bits per heavy atom. The Bertz CT molecular complexity index is 640. The minimum Gasteiger partial charge on any atom is -0.406 e. The summed E-state index contributed by atoms with van der Waals surface area (Å²) in [4.78, 5) is 27.1. The maximum atomic E-state index is 12.2. The van der Waals surface area contributed by atoms with Gasteiger partial charge in [0.15, 0.2) is 0 Å². The van der Waals surface area contributed by atoms with Crippen molar-refractivity contribution in [3.05, 3.63) is 29.8 Å². The van der Waals surface area contributed by atoms with E-state index in [-0.39, 0.29) is 36.2 Å². The Morgan fingerprint density at radius 1 is 1.04 bits per heavy atom. The Morgan fingerprint density at radius 3 is 2.07 bits per heavy atom. The normalized spacial score (nSPS) is 12.0. The highest BCUT2D eigenvalue weighted by atomic mass is 19.4. The zero-order valence-corrected chi connectivity index (χ0v) is 16.2. The SMILES string of the molecule is CN(CC(=O)N(C)CC(=O)NC(C)(C)C)Cc1ccc(OC(F)(F)F)cc1. The summed E-state index contributed by atoms with van der Waals surface area (Å²) in [6.45, 7) is 5.94. The summed E-state index contributed by atoms with van der Waals surface area (Å²) in [5, 5.41) is 2.78. The van der Waals surface area contributed by atoms with E-state index in [1.165, 1.54) is 29.2 Å². The second-order valence-corrected chi connectivity index (χ2v) is 7.41. The number of ether oxygens (including phenoxy) is 1. The van der Waals surface area contributed by atoms with Gasteiger partial charge in [0.2, 0.25) is 11.8 Å². The maximum Gasteiger partial charge on any atom is 0.573 e. The topological polar surface area (TPSA) is 61.9 Å². The fourth-order valence-electron chi connectivity index (χ4n) is 2.28. The number of hydrogen-bond acceptors (Lipinski definition) is 4. The van der Waals surface area contributed by atoms with Gasteiger partial charge in [-0.15, -0.1) is 13.2 Å². The number of hydrogen-bond donors (Lipinski definition) is 1. The Labute approximate surface area is 157 Å². The molecule has 0 fully saturated rings. The molecular weight excluding hydrogens is 363 g/mol. The standard InChI is InChI=1S/C18H26F3N3O3/c1-17(2,3)22-15(25)11-24(5)16(26)12-23(4)10-13-6-8-14(9-7-13)27-18(19,20)21/h6-9H,10-12H2,1-5H3,(H,22,25). The summed E-state index contributed by atoms with van der Waals surface area (Å²) in [7, 11) is 3.25. The number of halogens is 3. The van der Waals surface area contributed by atoms with E-state index in [1.807, 2.05) is 20.8 Å². The third-order valence-corrected chi connectivity index (χ3v) is 3.34. The molecule has 1 N–H and O–H groups in total. The molecule has 1 rings (SSSR count). The molecule has 0 aliphatic rings. The molecule has 6 nitrogen and oxygen atoms in total. The predicted molar refractivity (Wildman–Crippen MR) is 95.0 cm³/mol. The van der Waals surface area contributed by atoms with Crippen molar-refractivity contribution in [3.8, 4) is 5.75 Å². The van der Waals surface area contributed by atoms with Crippen LogP contribution in [0.15, 0.2) is 24.3 Å². The monoisotopic (exact) mass is 389 g/mol. The molecule has 9 heteroatoms. The molecule has 0 bridgehead atoms. The first kappa shape index (κ1) is 22.8. The molecule has 1 aromatic carbocycles. The van der Waals surface area contributed by atoms with E-state index in [0.717, 1.165) is 5.56 Å². The molecule has 0 unspecified atom stereocenters. The van der Waals surface area contributed by atoms with Crippen LogP contribution < -0.4 is 10.1 Å². The van der Waals surface area contributed by atoms with Gasteiger partial charge in [-0.05, 0) is 45.5 Å². The Hall–Kier alpha value is -2.29. The second kappa shape index (κ2) is 9.07. The number of alkyl halides is 3. The highest BCUT2D eigenvalue weighted by Crippen LogP contribution is 2.22. The van der Waals surface area contributed by atoms with Crippen molar-refractivity contribution in [1.29, 1.82) is 0 Å². The number of amides is 2. The molecule has 0 saturated heterocycles. The summed E-state index contributed by atoms with van der Waals surface area (Å²) in [5.74, 6) is -0.783. The van der Waals surface area contributed by atoms with Gasteiger partial charge in [0, 0.05) is 19.1 Å². The van der Waals surface area contributed by atoms with E-state index in [1.54, 1.807) is 19.0 Å². The lowest BCUT2D eigenvalue weighted by molar-refractivity contribution is -0.274. The summed E-state index contributed by atoms with van der Waals surface area (Å²) < 4.78 is 40.3. The molecule has 0 aliphatic carbocycles. The van der Waals surface area contributed by atoms with Gasteiger partial charge < -0.3 is 15.0 Å². The molecule has 0 spiro atoms. The lowest BCUT2D eigenvalue weighted by Gasteiger charge is -2.25.